The van der Waals surface area contributed by atoms with Crippen molar-refractivity contribution in [2.75, 3.05) is 19.7 Å². The van der Waals surface area contributed by atoms with Crippen LogP contribution in [0.1, 0.15) is 38.5 Å². The molecule has 2 fully saturated rings. The molecule has 0 bridgehead atoms. The summed E-state index contributed by atoms with van der Waals surface area (Å²) in [7, 11) is 0. The van der Waals surface area contributed by atoms with E-state index in [9.17, 15) is 14.7 Å². The van der Waals surface area contributed by atoms with E-state index >= 15 is 0 Å². The Labute approximate surface area is 113 Å². The number of hydrogen-bond acceptors (Lipinski definition) is 3. The highest BCUT2D eigenvalue weighted by molar-refractivity contribution is 5.83. The number of urea groups is 1. The van der Waals surface area contributed by atoms with Gasteiger partial charge >= 0.3 is 12.0 Å². The van der Waals surface area contributed by atoms with Gasteiger partial charge in [0.2, 0.25) is 0 Å². The SMILES string of the molecule is O=C(O)C1CCCCN1C(=O)N(CCO)C1CCC1. The molecule has 1 aliphatic carbocycles. The minimum atomic E-state index is -0.925. The van der Waals surface area contributed by atoms with E-state index < -0.39 is 12.0 Å². The molecule has 0 aromatic heterocycles. The van der Waals surface area contributed by atoms with Crippen molar-refractivity contribution < 1.29 is 19.8 Å². The second-order valence-corrected chi connectivity index (χ2v) is 5.33. The summed E-state index contributed by atoms with van der Waals surface area (Å²) in [5, 5.41) is 18.3. The number of aliphatic hydroxyl groups is 1. The number of likely N-dealkylation sites (tertiary alicyclic amines) is 1. The summed E-state index contributed by atoms with van der Waals surface area (Å²) in [6.45, 7) is 0.727. The van der Waals surface area contributed by atoms with E-state index in [0.29, 0.717) is 19.5 Å². The Morgan fingerprint density at radius 1 is 1.16 bits per heavy atom. The van der Waals surface area contributed by atoms with E-state index in [1.165, 1.54) is 4.90 Å². The number of carbonyl (C=O) groups is 2. The zero-order chi connectivity index (χ0) is 13.8. The molecule has 6 heteroatoms. The van der Waals surface area contributed by atoms with Crippen molar-refractivity contribution in [3.05, 3.63) is 0 Å². The maximum absolute atomic E-state index is 12.5. The fourth-order valence-corrected chi connectivity index (χ4v) is 2.82. The van der Waals surface area contributed by atoms with Gasteiger partial charge < -0.3 is 20.0 Å². The summed E-state index contributed by atoms with van der Waals surface area (Å²) in [6.07, 6.45) is 5.24. The van der Waals surface area contributed by atoms with Crippen molar-refractivity contribution in [3.63, 3.8) is 0 Å². The minimum absolute atomic E-state index is 0.0756. The molecule has 19 heavy (non-hydrogen) atoms. The lowest BCUT2D eigenvalue weighted by molar-refractivity contribution is -0.143. The van der Waals surface area contributed by atoms with Gasteiger partial charge in [-0.15, -0.1) is 0 Å². The molecule has 2 aliphatic rings. The molecular weight excluding hydrogens is 248 g/mol. The van der Waals surface area contributed by atoms with Crippen molar-refractivity contribution in [1.82, 2.24) is 9.80 Å². The Morgan fingerprint density at radius 3 is 2.42 bits per heavy atom. The lowest BCUT2D eigenvalue weighted by Crippen LogP contribution is -2.57. The van der Waals surface area contributed by atoms with Gasteiger partial charge in [0.1, 0.15) is 6.04 Å². The molecule has 0 spiro atoms. The van der Waals surface area contributed by atoms with E-state index in [1.807, 2.05) is 0 Å². The third kappa shape index (κ3) is 3.00. The maximum Gasteiger partial charge on any atom is 0.326 e. The fourth-order valence-electron chi connectivity index (χ4n) is 2.82. The fraction of sp³-hybridized carbons (Fsp3) is 0.846. The van der Waals surface area contributed by atoms with Crippen LogP contribution in [0.3, 0.4) is 0 Å². The Balaban J connectivity index is 2.07. The molecular formula is C13H22N2O4. The number of carboxylic acid groups (broad SMARTS) is 1. The van der Waals surface area contributed by atoms with Crippen molar-refractivity contribution >= 4 is 12.0 Å². The topological polar surface area (TPSA) is 81.1 Å². The van der Waals surface area contributed by atoms with E-state index in [1.54, 1.807) is 4.90 Å². The number of aliphatic hydroxyl groups excluding tert-OH is 1. The molecule has 2 amide bonds. The van der Waals surface area contributed by atoms with Gasteiger partial charge in [-0.25, -0.2) is 9.59 Å². The first-order valence-electron chi connectivity index (χ1n) is 7.06. The zero-order valence-electron chi connectivity index (χ0n) is 11.1. The van der Waals surface area contributed by atoms with Crippen molar-refractivity contribution in [1.29, 1.82) is 0 Å². The number of carboxylic acids is 1. The first-order chi connectivity index (χ1) is 9.15. The largest absolute Gasteiger partial charge is 0.480 e. The van der Waals surface area contributed by atoms with Crippen LogP contribution in [0.2, 0.25) is 0 Å². The highest BCUT2D eigenvalue weighted by atomic mass is 16.4. The van der Waals surface area contributed by atoms with E-state index in [0.717, 1.165) is 32.1 Å². The molecule has 2 N–H and O–H groups in total. The molecule has 1 atom stereocenters. The number of aliphatic carboxylic acids is 1. The van der Waals surface area contributed by atoms with Gasteiger partial charge in [0.25, 0.3) is 0 Å². The molecule has 1 unspecified atom stereocenters. The summed E-state index contributed by atoms with van der Waals surface area (Å²) < 4.78 is 0. The monoisotopic (exact) mass is 270 g/mol. The molecule has 1 heterocycles. The molecule has 0 aromatic rings. The first kappa shape index (κ1) is 14.1. The molecule has 1 aliphatic heterocycles. The predicted molar refractivity (Wildman–Crippen MR) is 68.8 cm³/mol. The van der Waals surface area contributed by atoms with Crippen molar-refractivity contribution in [2.24, 2.45) is 0 Å². The van der Waals surface area contributed by atoms with Gasteiger partial charge in [-0.1, -0.05) is 0 Å². The van der Waals surface area contributed by atoms with Crippen LogP contribution < -0.4 is 0 Å². The quantitative estimate of drug-likeness (QED) is 0.795. The van der Waals surface area contributed by atoms with Crippen LogP contribution in [0.25, 0.3) is 0 Å². The number of amides is 2. The Hall–Kier alpha value is -1.30. The lowest BCUT2D eigenvalue weighted by atomic mass is 9.91. The van der Waals surface area contributed by atoms with E-state index in [-0.39, 0.29) is 18.7 Å². The molecule has 0 aromatic carbocycles. The van der Waals surface area contributed by atoms with Gasteiger partial charge in [0, 0.05) is 19.1 Å². The summed E-state index contributed by atoms with van der Waals surface area (Å²) in [5.41, 5.74) is 0. The third-order valence-corrected chi connectivity index (χ3v) is 4.14. The Kier molecular flexibility index (Phi) is 4.63. The van der Waals surface area contributed by atoms with E-state index in [4.69, 9.17) is 5.11 Å². The van der Waals surface area contributed by atoms with Gasteiger partial charge in [-0.05, 0) is 38.5 Å². The third-order valence-electron chi connectivity index (χ3n) is 4.14. The van der Waals surface area contributed by atoms with Crippen LogP contribution >= 0.6 is 0 Å². The van der Waals surface area contributed by atoms with E-state index in [2.05, 4.69) is 0 Å². The maximum atomic E-state index is 12.5. The molecule has 6 nitrogen and oxygen atoms in total. The average Bonchev–Trinajstić information content (AvgIpc) is 2.35. The van der Waals surface area contributed by atoms with Crippen LogP contribution in [0, 0.1) is 0 Å². The number of hydrogen-bond donors (Lipinski definition) is 2. The molecule has 1 saturated heterocycles. The van der Waals surface area contributed by atoms with Crippen LogP contribution in [0.15, 0.2) is 0 Å². The van der Waals surface area contributed by atoms with Gasteiger partial charge in [-0.2, -0.15) is 0 Å². The van der Waals surface area contributed by atoms with Crippen LogP contribution in [-0.4, -0.2) is 63.8 Å². The number of rotatable bonds is 4. The molecule has 108 valence electrons. The highest BCUT2D eigenvalue weighted by Gasteiger charge is 2.37. The number of carbonyl (C=O) groups excluding carboxylic acids is 1. The Bertz CT molecular complexity index is 344. The standard InChI is InChI=1S/C13H22N2O4/c16-9-8-14(10-4-3-5-10)13(19)15-7-2-1-6-11(15)12(17)18/h10-11,16H,1-9H2,(H,17,18). The minimum Gasteiger partial charge on any atom is -0.480 e. The zero-order valence-corrected chi connectivity index (χ0v) is 11.1. The van der Waals surface area contributed by atoms with Crippen molar-refractivity contribution in [3.8, 4) is 0 Å². The number of piperidine rings is 1. The normalized spacial score (nSPS) is 23.8. The lowest BCUT2D eigenvalue weighted by Gasteiger charge is -2.42. The first-order valence-corrected chi connectivity index (χ1v) is 7.06. The van der Waals surface area contributed by atoms with Crippen LogP contribution in [0.4, 0.5) is 4.79 Å². The molecule has 1 saturated carbocycles. The van der Waals surface area contributed by atoms with Crippen LogP contribution in [0.5, 0.6) is 0 Å². The predicted octanol–water partition coefficient (Wildman–Crippen LogP) is 0.892. The molecule has 2 rings (SSSR count). The second-order valence-electron chi connectivity index (χ2n) is 5.33. The summed E-state index contributed by atoms with van der Waals surface area (Å²) >= 11 is 0. The van der Waals surface area contributed by atoms with Crippen LogP contribution in [-0.2, 0) is 4.79 Å². The van der Waals surface area contributed by atoms with Gasteiger partial charge in [0.05, 0.1) is 6.61 Å². The van der Waals surface area contributed by atoms with Gasteiger partial charge in [0.15, 0.2) is 0 Å². The summed E-state index contributed by atoms with van der Waals surface area (Å²) in [4.78, 5) is 26.9. The Morgan fingerprint density at radius 2 is 1.89 bits per heavy atom. The highest BCUT2D eigenvalue weighted by Crippen LogP contribution is 2.27. The van der Waals surface area contributed by atoms with Gasteiger partial charge in [-0.3, -0.25) is 0 Å². The van der Waals surface area contributed by atoms with Crippen molar-refractivity contribution in [2.45, 2.75) is 50.6 Å². The summed E-state index contributed by atoms with van der Waals surface area (Å²) in [5.74, 6) is -0.925. The summed E-state index contributed by atoms with van der Waals surface area (Å²) in [6, 6.07) is -0.746. The second kappa shape index (κ2) is 6.23. The average molecular weight is 270 g/mol. The number of nitrogens with zero attached hydrogens (tertiary/aromatic N) is 2. The molecule has 0 radical (unpaired) electrons. The smallest absolute Gasteiger partial charge is 0.326 e.